The van der Waals surface area contributed by atoms with Crippen molar-refractivity contribution in [1.29, 1.82) is 0 Å². The van der Waals surface area contributed by atoms with Gasteiger partial charge in [0.15, 0.2) is 0 Å². The van der Waals surface area contributed by atoms with Crippen molar-refractivity contribution in [2.24, 2.45) is 0 Å². The molecule has 0 aliphatic carbocycles. The smallest absolute Gasteiger partial charge is 0.290 e. The number of pyridine rings is 1. The van der Waals surface area contributed by atoms with Gasteiger partial charge in [0.05, 0.1) is 4.92 Å². The molecule has 0 amide bonds. The summed E-state index contributed by atoms with van der Waals surface area (Å²) in [6, 6.07) is 3.78. The number of aromatic nitrogens is 1. The van der Waals surface area contributed by atoms with E-state index >= 15 is 0 Å². The molecular weight excluding hydrogens is 244 g/mol. The first-order valence-corrected chi connectivity index (χ1v) is 6.72. The zero-order chi connectivity index (χ0) is 13.8. The predicted molar refractivity (Wildman–Crippen MR) is 74.5 cm³/mol. The highest BCUT2D eigenvalue weighted by Crippen LogP contribution is 2.21. The highest BCUT2D eigenvalue weighted by atomic mass is 16.6. The molecule has 0 radical (unpaired) electrons. The Kier molecular flexibility index (Phi) is 4.31. The van der Waals surface area contributed by atoms with Gasteiger partial charge in [-0.05, 0) is 39.3 Å². The number of anilines is 1. The second-order valence-electron chi connectivity index (χ2n) is 4.86. The average Bonchev–Trinajstić information content (AvgIpc) is 2.88. The molecule has 0 spiro atoms. The van der Waals surface area contributed by atoms with E-state index in [1.54, 1.807) is 19.1 Å². The highest BCUT2D eigenvalue weighted by Gasteiger charge is 2.19. The Morgan fingerprint density at radius 3 is 2.89 bits per heavy atom. The fourth-order valence-corrected chi connectivity index (χ4v) is 2.47. The lowest BCUT2D eigenvalue weighted by atomic mass is 10.2. The molecule has 0 aromatic carbocycles. The van der Waals surface area contributed by atoms with Crippen LogP contribution in [0.25, 0.3) is 0 Å². The van der Waals surface area contributed by atoms with Gasteiger partial charge < -0.3 is 10.2 Å². The van der Waals surface area contributed by atoms with Crippen LogP contribution in [-0.4, -0.2) is 35.6 Å². The van der Waals surface area contributed by atoms with Gasteiger partial charge in [-0.2, -0.15) is 0 Å². The number of aryl methyl sites for hydroxylation is 1. The van der Waals surface area contributed by atoms with Crippen LogP contribution in [0.3, 0.4) is 0 Å². The van der Waals surface area contributed by atoms with Gasteiger partial charge in [0.1, 0.15) is 11.5 Å². The average molecular weight is 264 g/mol. The Labute approximate surface area is 113 Å². The van der Waals surface area contributed by atoms with Gasteiger partial charge in [0.25, 0.3) is 5.69 Å². The third-order valence-electron chi connectivity index (χ3n) is 3.55. The van der Waals surface area contributed by atoms with E-state index in [-0.39, 0.29) is 10.6 Å². The fraction of sp³-hybridized carbons (Fsp3) is 0.615. The Balaban J connectivity index is 2.13. The van der Waals surface area contributed by atoms with Gasteiger partial charge in [0.2, 0.25) is 0 Å². The Hall–Kier alpha value is -1.69. The van der Waals surface area contributed by atoms with E-state index in [0.29, 0.717) is 11.7 Å². The minimum Gasteiger partial charge on any atom is -0.355 e. The second-order valence-corrected chi connectivity index (χ2v) is 4.86. The summed E-state index contributed by atoms with van der Waals surface area (Å²) in [4.78, 5) is 16.9. The summed E-state index contributed by atoms with van der Waals surface area (Å²) < 4.78 is 0. The van der Waals surface area contributed by atoms with Crippen LogP contribution < -0.4 is 10.2 Å². The van der Waals surface area contributed by atoms with Crippen molar-refractivity contribution < 1.29 is 4.92 Å². The van der Waals surface area contributed by atoms with E-state index in [1.807, 2.05) is 0 Å². The summed E-state index contributed by atoms with van der Waals surface area (Å²) >= 11 is 0. The van der Waals surface area contributed by atoms with E-state index in [1.165, 1.54) is 12.8 Å². The van der Waals surface area contributed by atoms with Crippen LogP contribution in [0.2, 0.25) is 0 Å². The first kappa shape index (κ1) is 13.7. The minimum atomic E-state index is -0.388. The quantitative estimate of drug-likeness (QED) is 0.649. The van der Waals surface area contributed by atoms with Gasteiger partial charge in [-0.15, -0.1) is 0 Å². The number of nitrogens with zero attached hydrogens (tertiary/aromatic N) is 3. The van der Waals surface area contributed by atoms with Crippen molar-refractivity contribution in [2.75, 3.05) is 24.5 Å². The third kappa shape index (κ3) is 3.20. The van der Waals surface area contributed by atoms with Crippen molar-refractivity contribution in [1.82, 2.24) is 10.3 Å². The number of hydrogen-bond acceptors (Lipinski definition) is 5. The molecule has 104 valence electrons. The van der Waals surface area contributed by atoms with Crippen molar-refractivity contribution in [2.45, 2.75) is 32.7 Å². The van der Waals surface area contributed by atoms with Crippen LogP contribution >= 0.6 is 0 Å². The zero-order valence-electron chi connectivity index (χ0n) is 11.4. The van der Waals surface area contributed by atoms with Crippen molar-refractivity contribution in [3.63, 3.8) is 0 Å². The molecule has 1 aliphatic rings. The van der Waals surface area contributed by atoms with Crippen molar-refractivity contribution in [3.8, 4) is 0 Å². The van der Waals surface area contributed by atoms with Gasteiger partial charge in [-0.25, -0.2) is 4.98 Å². The van der Waals surface area contributed by atoms with Gasteiger partial charge >= 0.3 is 0 Å². The number of nitro groups is 1. The largest absolute Gasteiger partial charge is 0.355 e. The molecule has 0 bridgehead atoms. The lowest BCUT2D eigenvalue weighted by Crippen LogP contribution is -2.38. The van der Waals surface area contributed by atoms with Crippen LogP contribution in [0.5, 0.6) is 0 Å². The normalized spacial score (nSPS) is 18.5. The minimum absolute atomic E-state index is 0.0822. The molecule has 1 atom stereocenters. The van der Waals surface area contributed by atoms with E-state index in [9.17, 15) is 10.1 Å². The lowest BCUT2D eigenvalue weighted by molar-refractivity contribution is -0.385. The summed E-state index contributed by atoms with van der Waals surface area (Å²) in [5.74, 6) is 0.819. The summed E-state index contributed by atoms with van der Waals surface area (Å²) in [5, 5.41) is 14.3. The van der Waals surface area contributed by atoms with Crippen LogP contribution in [0.1, 0.15) is 25.5 Å². The first-order valence-electron chi connectivity index (χ1n) is 6.72. The number of rotatable bonds is 5. The molecular formula is C13H20N4O2. The maximum atomic E-state index is 10.8. The van der Waals surface area contributed by atoms with Crippen LogP contribution in [0, 0.1) is 17.0 Å². The zero-order valence-corrected chi connectivity index (χ0v) is 11.4. The predicted octanol–water partition coefficient (Wildman–Crippen LogP) is 1.88. The van der Waals surface area contributed by atoms with E-state index in [2.05, 4.69) is 22.1 Å². The molecule has 6 heteroatoms. The van der Waals surface area contributed by atoms with Crippen molar-refractivity contribution >= 4 is 11.5 Å². The summed E-state index contributed by atoms with van der Waals surface area (Å²) in [5.41, 5.74) is 0.555. The highest BCUT2D eigenvalue weighted by molar-refractivity contribution is 5.46. The Bertz CT molecular complexity index is 458. The van der Waals surface area contributed by atoms with E-state index in [0.717, 1.165) is 25.5 Å². The SMILES string of the molecule is CCN(CC1CCCN1)c1ccc([N+](=O)[O-])c(C)n1. The van der Waals surface area contributed by atoms with Gasteiger partial charge in [-0.3, -0.25) is 10.1 Å². The molecule has 1 unspecified atom stereocenters. The number of hydrogen-bond donors (Lipinski definition) is 1. The fourth-order valence-electron chi connectivity index (χ4n) is 2.47. The molecule has 1 aliphatic heterocycles. The molecule has 1 aromatic rings. The standard InChI is InChI=1S/C13H20N4O2/c1-3-16(9-11-5-4-8-14-11)13-7-6-12(17(18)19)10(2)15-13/h6-7,11,14H,3-5,8-9H2,1-2H3. The third-order valence-corrected chi connectivity index (χ3v) is 3.55. The molecule has 1 fully saturated rings. The summed E-state index contributed by atoms with van der Waals surface area (Å²) in [7, 11) is 0. The number of likely N-dealkylation sites (N-methyl/N-ethyl adjacent to an activating group) is 1. The molecule has 1 aromatic heterocycles. The second kappa shape index (κ2) is 5.97. The van der Waals surface area contributed by atoms with Crippen LogP contribution in [0.15, 0.2) is 12.1 Å². The molecule has 19 heavy (non-hydrogen) atoms. The molecule has 2 heterocycles. The maximum absolute atomic E-state index is 10.8. The first-order chi connectivity index (χ1) is 9.11. The number of nitrogens with one attached hydrogen (secondary N) is 1. The van der Waals surface area contributed by atoms with Crippen molar-refractivity contribution in [3.05, 3.63) is 27.9 Å². The van der Waals surface area contributed by atoms with E-state index in [4.69, 9.17) is 0 Å². The molecule has 6 nitrogen and oxygen atoms in total. The lowest BCUT2D eigenvalue weighted by Gasteiger charge is -2.25. The molecule has 0 saturated carbocycles. The Morgan fingerprint density at radius 1 is 1.58 bits per heavy atom. The van der Waals surface area contributed by atoms with Crippen LogP contribution in [0.4, 0.5) is 11.5 Å². The molecule has 1 N–H and O–H groups in total. The monoisotopic (exact) mass is 264 g/mol. The molecule has 1 saturated heterocycles. The van der Waals surface area contributed by atoms with Crippen LogP contribution in [-0.2, 0) is 0 Å². The van der Waals surface area contributed by atoms with E-state index < -0.39 is 0 Å². The van der Waals surface area contributed by atoms with Gasteiger partial charge in [-0.1, -0.05) is 0 Å². The summed E-state index contributed by atoms with van der Waals surface area (Å²) in [6.45, 7) is 6.59. The molecule has 2 rings (SSSR count). The maximum Gasteiger partial charge on any atom is 0.290 e. The Morgan fingerprint density at radius 2 is 2.37 bits per heavy atom. The topological polar surface area (TPSA) is 71.3 Å². The van der Waals surface area contributed by atoms with Gasteiger partial charge in [0, 0.05) is 25.2 Å². The summed E-state index contributed by atoms with van der Waals surface area (Å²) in [6.07, 6.45) is 2.40.